The maximum atomic E-state index is 11.2. The Kier molecular flexibility index (Phi) is 8.27. The molecule has 0 unspecified atom stereocenters. The number of benzene rings is 2. The molecular formula is C26H24F6N4O4. The minimum Gasteiger partial charge on any atom is -0.496 e. The number of methoxy groups -OCH3 is 1. The Labute approximate surface area is 225 Å². The summed E-state index contributed by atoms with van der Waals surface area (Å²) in [5, 5.41) is 7.08. The summed E-state index contributed by atoms with van der Waals surface area (Å²) in [6, 6.07) is 10.5. The number of ketones is 2. The molecule has 1 saturated heterocycles. The number of hydrogen-bond donors (Lipinski definition) is 2. The Hall–Kier alpha value is -3.83. The van der Waals surface area contributed by atoms with Crippen molar-refractivity contribution in [2.75, 3.05) is 43.6 Å². The molecule has 0 bridgehead atoms. The Balaban J connectivity index is 0.000000263. The molecule has 8 nitrogen and oxygen atoms in total. The number of piperidine rings is 1. The van der Waals surface area contributed by atoms with Crippen LogP contribution < -0.4 is 20.3 Å². The third kappa shape index (κ3) is 6.00. The Morgan fingerprint density at radius 2 is 1.82 bits per heavy atom. The molecule has 2 atom stereocenters. The minimum absolute atomic E-state index is 0.522. The highest BCUT2D eigenvalue weighted by Crippen LogP contribution is 2.48. The summed E-state index contributed by atoms with van der Waals surface area (Å²) in [6.45, 7) is 11.7. The van der Waals surface area contributed by atoms with Crippen molar-refractivity contribution in [3.63, 3.8) is 0 Å². The van der Waals surface area contributed by atoms with Crippen molar-refractivity contribution in [3.05, 3.63) is 52.9 Å². The number of halogens is 6. The van der Waals surface area contributed by atoms with Crippen LogP contribution in [0.2, 0.25) is 0 Å². The average molecular weight is 570 g/mol. The molecule has 3 heterocycles. The van der Waals surface area contributed by atoms with Gasteiger partial charge in [0.05, 0.1) is 32.6 Å². The van der Waals surface area contributed by atoms with Crippen LogP contribution in [0.1, 0.15) is 23.5 Å². The lowest BCUT2D eigenvalue weighted by Gasteiger charge is -2.33. The van der Waals surface area contributed by atoms with E-state index in [1.807, 2.05) is 12.1 Å². The van der Waals surface area contributed by atoms with Gasteiger partial charge in [0.25, 0.3) is 0 Å². The molecule has 40 heavy (non-hydrogen) atoms. The molecule has 0 aromatic heterocycles. The van der Waals surface area contributed by atoms with Crippen LogP contribution in [0.4, 0.5) is 49.1 Å². The molecule has 0 saturated carbocycles. The normalized spacial score (nSPS) is 19.7. The molecule has 0 spiro atoms. The van der Waals surface area contributed by atoms with Crippen molar-refractivity contribution in [3.8, 4) is 5.75 Å². The molecular weight excluding hydrogens is 546 g/mol. The molecule has 1 fully saturated rings. The molecule has 0 aliphatic carbocycles. The quantitative estimate of drug-likeness (QED) is 0.303. The van der Waals surface area contributed by atoms with Gasteiger partial charge >= 0.3 is 23.9 Å². The number of nitrogens with one attached hydrogen (secondary N) is 2. The van der Waals surface area contributed by atoms with Gasteiger partial charge in [-0.2, -0.15) is 26.3 Å². The van der Waals surface area contributed by atoms with E-state index in [1.54, 1.807) is 13.2 Å². The smallest absolute Gasteiger partial charge is 0.458 e. The second kappa shape index (κ2) is 11.3. The summed E-state index contributed by atoms with van der Waals surface area (Å²) in [4.78, 5) is 25.3. The maximum Gasteiger partial charge on any atom is 0.458 e. The highest BCUT2D eigenvalue weighted by Gasteiger charge is 2.54. The number of nitrogens with zero attached hydrogens (tertiary/aromatic N) is 2. The third-order valence-corrected chi connectivity index (χ3v) is 6.80. The van der Waals surface area contributed by atoms with Crippen molar-refractivity contribution >= 4 is 34.3 Å². The van der Waals surface area contributed by atoms with Crippen LogP contribution in [0.5, 0.6) is 5.75 Å². The van der Waals surface area contributed by atoms with Gasteiger partial charge in [-0.1, -0.05) is 6.07 Å². The molecule has 2 aromatic rings. The van der Waals surface area contributed by atoms with Crippen LogP contribution in [0.25, 0.3) is 4.85 Å². The van der Waals surface area contributed by atoms with Gasteiger partial charge in [0.2, 0.25) is 0 Å². The topological polar surface area (TPSA) is 84.3 Å². The Bertz CT molecular complexity index is 1310. The number of Topliss-reactive ketones (excluding diaryl/α,β-unsaturated/α-hetero) is 2. The first kappa shape index (κ1) is 29.2. The number of alkyl halides is 6. The first-order valence-electron chi connectivity index (χ1n) is 12.1. The largest absolute Gasteiger partial charge is 0.496 e. The van der Waals surface area contributed by atoms with E-state index in [-0.39, 0.29) is 0 Å². The summed E-state index contributed by atoms with van der Waals surface area (Å²) in [5.74, 6) is -5.62. The summed E-state index contributed by atoms with van der Waals surface area (Å²) in [7, 11) is 1.63. The van der Waals surface area contributed by atoms with E-state index in [2.05, 4.69) is 32.5 Å². The fourth-order valence-electron chi connectivity index (χ4n) is 5.12. The Morgan fingerprint density at radius 3 is 2.45 bits per heavy atom. The molecule has 0 amide bonds. The highest BCUT2D eigenvalue weighted by atomic mass is 19.4. The van der Waals surface area contributed by atoms with Crippen LogP contribution in [-0.2, 0) is 20.9 Å². The summed E-state index contributed by atoms with van der Waals surface area (Å²) >= 11 is 0. The van der Waals surface area contributed by atoms with Crippen LogP contribution in [-0.4, -0.2) is 63.3 Å². The maximum absolute atomic E-state index is 11.2. The van der Waals surface area contributed by atoms with Crippen molar-refractivity contribution < 1.29 is 45.4 Å². The van der Waals surface area contributed by atoms with E-state index < -0.39 is 23.9 Å². The van der Waals surface area contributed by atoms with Gasteiger partial charge in [0.1, 0.15) is 5.75 Å². The van der Waals surface area contributed by atoms with Gasteiger partial charge in [-0.15, -0.1) is 0 Å². The van der Waals surface area contributed by atoms with E-state index in [0.29, 0.717) is 30.0 Å². The molecule has 2 aromatic carbocycles. The molecule has 2 N–H and O–H groups in total. The third-order valence-electron chi connectivity index (χ3n) is 6.80. The minimum atomic E-state index is -5.77. The van der Waals surface area contributed by atoms with Gasteiger partial charge in [-0.3, -0.25) is 9.59 Å². The number of carbonyl (C=O) groups excluding carboxylic acids is 2. The molecule has 3 aliphatic rings. The summed E-state index contributed by atoms with van der Waals surface area (Å²) < 4.78 is 78.3. The van der Waals surface area contributed by atoms with E-state index in [9.17, 15) is 35.9 Å². The zero-order valence-electron chi connectivity index (χ0n) is 21.1. The zero-order chi connectivity index (χ0) is 29.2. The second-order valence-electron chi connectivity index (χ2n) is 9.26. The van der Waals surface area contributed by atoms with Gasteiger partial charge in [0.15, 0.2) is 5.69 Å². The van der Waals surface area contributed by atoms with Gasteiger partial charge in [0, 0.05) is 42.0 Å². The average Bonchev–Trinajstić information content (AvgIpc) is 3.07. The predicted octanol–water partition coefficient (Wildman–Crippen LogP) is 5.03. The lowest BCUT2D eigenvalue weighted by atomic mass is 9.89. The van der Waals surface area contributed by atoms with Crippen LogP contribution >= 0.6 is 0 Å². The van der Waals surface area contributed by atoms with Crippen LogP contribution in [0.15, 0.2) is 30.3 Å². The Morgan fingerprint density at radius 1 is 1.12 bits per heavy atom. The van der Waals surface area contributed by atoms with Crippen molar-refractivity contribution in [1.82, 2.24) is 5.32 Å². The van der Waals surface area contributed by atoms with Crippen LogP contribution in [0, 0.1) is 6.57 Å². The van der Waals surface area contributed by atoms with Gasteiger partial charge in [-0.05, 0) is 42.8 Å². The van der Waals surface area contributed by atoms with E-state index in [1.165, 1.54) is 23.2 Å². The van der Waals surface area contributed by atoms with Crippen molar-refractivity contribution in [2.24, 2.45) is 0 Å². The predicted molar refractivity (Wildman–Crippen MR) is 132 cm³/mol. The molecule has 5 rings (SSSR count). The lowest BCUT2D eigenvalue weighted by Crippen LogP contribution is -2.44. The molecule has 214 valence electrons. The lowest BCUT2D eigenvalue weighted by molar-refractivity contribution is -0.193. The second-order valence-corrected chi connectivity index (χ2v) is 9.26. The van der Waals surface area contributed by atoms with E-state index in [0.717, 1.165) is 37.6 Å². The summed E-state index contributed by atoms with van der Waals surface area (Å²) in [6.07, 6.45) is -10.4. The number of rotatable bonds is 4. The summed E-state index contributed by atoms with van der Waals surface area (Å²) in [5.41, 5.74) is 6.53. The first-order chi connectivity index (χ1) is 18.8. The number of hydrogen-bond acceptors (Lipinski definition) is 7. The first-order valence-corrected chi connectivity index (χ1v) is 12.1. The number of carbonyl (C=O) groups is 2. The van der Waals surface area contributed by atoms with Crippen molar-refractivity contribution in [1.29, 1.82) is 0 Å². The molecule has 14 heteroatoms. The zero-order valence-corrected chi connectivity index (χ0v) is 21.1. The molecule has 3 aliphatic heterocycles. The van der Waals surface area contributed by atoms with Gasteiger partial charge in [-0.25, -0.2) is 4.85 Å². The number of ether oxygens (including phenoxy) is 2. The molecule has 0 radical (unpaired) electrons. The monoisotopic (exact) mass is 570 g/mol. The fourth-order valence-corrected chi connectivity index (χ4v) is 5.12. The number of anilines is 3. The fraction of sp³-hybridized carbons (Fsp3) is 0.423. The van der Waals surface area contributed by atoms with Crippen molar-refractivity contribution in [2.45, 2.75) is 37.3 Å². The SMILES string of the molecule is O=C(C(=O)C(F)(F)F)C(F)(F)F.[C-]#[N+]c1ccc(Nc2cc3c4c(c2)[C@@H]2CNCC[C@@H]2N4CCOC3)c(OC)c1. The standard InChI is InChI=1S/C22H24N4O2.C4F6O2/c1-23-15-3-4-19(21(11-15)27-2)25-16-9-14-13-28-8-7-26-20-5-6-24-12-18(20)17(10-16)22(14)26;5-3(6,7)1(11)2(12)4(8,9)10/h3-4,9-11,18,20,24-25H,5-8,12-13H2,2H3;/t18-,20-;/m0./s1. The van der Waals surface area contributed by atoms with Crippen LogP contribution in [0.3, 0.4) is 0 Å². The number of fused-ring (bicyclic) bond motifs is 3. The van der Waals surface area contributed by atoms with E-state index in [4.69, 9.17) is 16.0 Å². The highest BCUT2D eigenvalue weighted by molar-refractivity contribution is 6.41. The van der Waals surface area contributed by atoms with Gasteiger partial charge < -0.3 is 25.0 Å². The van der Waals surface area contributed by atoms with E-state index >= 15 is 0 Å².